The van der Waals surface area contributed by atoms with Crippen LogP contribution in [0.3, 0.4) is 0 Å². The Hall–Kier alpha value is -1.41. The summed E-state index contributed by atoms with van der Waals surface area (Å²) in [4.78, 5) is 14.9. The van der Waals surface area contributed by atoms with Crippen molar-refractivity contribution < 1.29 is 8.42 Å². The second kappa shape index (κ2) is 7.23. The van der Waals surface area contributed by atoms with Crippen molar-refractivity contribution in [2.24, 2.45) is 0 Å². The smallest absolute Gasteiger partial charge is 0.255 e. The summed E-state index contributed by atoms with van der Waals surface area (Å²) in [6.45, 7) is 5.61. The van der Waals surface area contributed by atoms with Crippen molar-refractivity contribution in [1.82, 2.24) is 14.6 Å². The molecule has 1 aromatic heterocycles. The van der Waals surface area contributed by atoms with Gasteiger partial charge in [0.05, 0.1) is 4.90 Å². The minimum Gasteiger partial charge on any atom is -0.328 e. The first-order valence-electron chi connectivity index (χ1n) is 7.76. The van der Waals surface area contributed by atoms with E-state index in [1.807, 2.05) is 13.8 Å². The van der Waals surface area contributed by atoms with Crippen molar-refractivity contribution in [2.45, 2.75) is 31.2 Å². The molecule has 0 saturated carbocycles. The number of sulfonamides is 1. The van der Waals surface area contributed by atoms with Crippen LogP contribution >= 0.6 is 12.4 Å². The first-order valence-corrected chi connectivity index (χ1v) is 9.20. The molecule has 1 atom stereocenters. The highest BCUT2D eigenvalue weighted by Crippen LogP contribution is 2.28. The maximum absolute atomic E-state index is 13.2. The van der Waals surface area contributed by atoms with Crippen LogP contribution in [0.1, 0.15) is 18.9 Å². The number of aromatic nitrogens is 1. The van der Waals surface area contributed by atoms with E-state index in [9.17, 15) is 13.2 Å². The lowest BCUT2D eigenvalue weighted by atomic mass is 10.1. The minimum absolute atomic E-state index is 0. The summed E-state index contributed by atoms with van der Waals surface area (Å²) in [6.07, 6.45) is 2.33. The van der Waals surface area contributed by atoms with E-state index < -0.39 is 10.0 Å². The summed E-state index contributed by atoms with van der Waals surface area (Å²) in [6, 6.07) is 4.81. The third kappa shape index (κ3) is 3.21. The van der Waals surface area contributed by atoms with Crippen molar-refractivity contribution >= 4 is 33.2 Å². The van der Waals surface area contributed by atoms with Crippen LogP contribution in [0.4, 0.5) is 0 Å². The van der Waals surface area contributed by atoms with E-state index in [1.54, 1.807) is 28.7 Å². The second-order valence-electron chi connectivity index (χ2n) is 5.98. The van der Waals surface area contributed by atoms with Crippen molar-refractivity contribution in [3.8, 4) is 0 Å². The van der Waals surface area contributed by atoms with E-state index in [2.05, 4.69) is 10.3 Å². The highest BCUT2D eigenvalue weighted by molar-refractivity contribution is 7.89. The molecule has 1 aromatic carbocycles. The minimum atomic E-state index is -3.66. The van der Waals surface area contributed by atoms with Crippen LogP contribution in [-0.4, -0.2) is 43.4 Å². The number of benzene rings is 1. The van der Waals surface area contributed by atoms with Crippen molar-refractivity contribution in [1.29, 1.82) is 0 Å². The number of aromatic amines is 1. The Kier molecular flexibility index (Phi) is 5.70. The van der Waals surface area contributed by atoms with Gasteiger partial charge in [-0.2, -0.15) is 4.31 Å². The fourth-order valence-corrected chi connectivity index (χ4v) is 5.08. The Morgan fingerprint density at radius 1 is 1.25 bits per heavy atom. The quantitative estimate of drug-likeness (QED) is 0.840. The Labute approximate surface area is 147 Å². The van der Waals surface area contributed by atoms with Crippen molar-refractivity contribution in [3.05, 3.63) is 40.3 Å². The monoisotopic (exact) mass is 371 g/mol. The van der Waals surface area contributed by atoms with Gasteiger partial charge in [-0.1, -0.05) is 6.07 Å². The molecule has 2 N–H and O–H groups in total. The number of rotatable bonds is 2. The van der Waals surface area contributed by atoms with E-state index in [4.69, 9.17) is 0 Å². The Bertz CT molecular complexity index is 895. The molecule has 1 unspecified atom stereocenters. The number of hydrogen-bond acceptors (Lipinski definition) is 4. The van der Waals surface area contributed by atoms with E-state index in [-0.39, 0.29) is 28.9 Å². The van der Waals surface area contributed by atoms with E-state index in [1.165, 1.54) is 0 Å². The van der Waals surface area contributed by atoms with Gasteiger partial charge in [0.2, 0.25) is 10.0 Å². The van der Waals surface area contributed by atoms with Crippen LogP contribution in [0.15, 0.2) is 34.1 Å². The molecule has 0 spiro atoms. The summed E-state index contributed by atoms with van der Waals surface area (Å²) in [5, 5.41) is 4.15. The van der Waals surface area contributed by atoms with Crippen LogP contribution in [0.2, 0.25) is 0 Å². The van der Waals surface area contributed by atoms with Gasteiger partial charge in [-0.05, 0) is 44.5 Å². The third-order valence-corrected chi connectivity index (χ3v) is 6.47. The molecular weight excluding hydrogens is 350 g/mol. The molecule has 0 radical (unpaired) electrons. The topological polar surface area (TPSA) is 82.3 Å². The fourth-order valence-electron chi connectivity index (χ4n) is 3.14. The number of H-pyrrole nitrogens is 1. The number of hydrogen-bond donors (Lipinski definition) is 2. The van der Waals surface area contributed by atoms with Gasteiger partial charge in [-0.3, -0.25) is 4.79 Å². The van der Waals surface area contributed by atoms with Crippen LogP contribution in [-0.2, 0) is 10.0 Å². The van der Waals surface area contributed by atoms with E-state index in [0.29, 0.717) is 23.9 Å². The lowest BCUT2D eigenvalue weighted by Crippen LogP contribution is -2.39. The molecular formula is C16H22ClN3O3S. The van der Waals surface area contributed by atoms with Crippen LogP contribution in [0.5, 0.6) is 0 Å². The summed E-state index contributed by atoms with van der Waals surface area (Å²) < 4.78 is 28.0. The first-order chi connectivity index (χ1) is 10.9. The molecule has 3 rings (SSSR count). The molecule has 0 aliphatic carbocycles. The molecule has 132 valence electrons. The molecule has 2 heterocycles. The molecule has 8 heteroatoms. The largest absolute Gasteiger partial charge is 0.328 e. The molecule has 1 aliphatic heterocycles. The summed E-state index contributed by atoms with van der Waals surface area (Å²) in [7, 11) is -3.66. The predicted molar refractivity (Wildman–Crippen MR) is 97.4 cm³/mol. The van der Waals surface area contributed by atoms with Gasteiger partial charge in [0, 0.05) is 36.1 Å². The fraction of sp³-hybridized carbons (Fsp3) is 0.438. The van der Waals surface area contributed by atoms with Crippen LogP contribution < -0.4 is 10.9 Å². The number of nitrogens with one attached hydrogen (secondary N) is 2. The lowest BCUT2D eigenvalue weighted by molar-refractivity contribution is 0.350. The van der Waals surface area contributed by atoms with Crippen LogP contribution in [0.25, 0.3) is 10.8 Å². The molecule has 0 bridgehead atoms. The van der Waals surface area contributed by atoms with E-state index >= 15 is 0 Å². The third-order valence-electron chi connectivity index (χ3n) is 4.41. The number of nitrogens with zero attached hydrogens (tertiary/aromatic N) is 1. The normalized spacial score (nSPS) is 19.7. The molecule has 1 fully saturated rings. The zero-order chi connectivity index (χ0) is 16.6. The summed E-state index contributed by atoms with van der Waals surface area (Å²) in [5.74, 6) is 0. The number of aryl methyl sites for hydroxylation is 1. The van der Waals surface area contributed by atoms with Gasteiger partial charge in [0.1, 0.15) is 0 Å². The van der Waals surface area contributed by atoms with Crippen molar-refractivity contribution in [2.75, 3.05) is 19.6 Å². The maximum Gasteiger partial charge on any atom is 0.255 e. The van der Waals surface area contributed by atoms with Gasteiger partial charge >= 0.3 is 0 Å². The standard InChI is InChI=1S/C16H21N3O3S.ClH/c1-11-10-18-16(20)13-4-3-5-14(15(11)13)23(21,22)19-9-8-17-7-6-12(19)2;/h3-5,10,12,17H,6-9H2,1-2H3,(H,18,20);1H. The maximum atomic E-state index is 13.2. The molecule has 24 heavy (non-hydrogen) atoms. The molecule has 1 saturated heterocycles. The Morgan fingerprint density at radius 3 is 2.75 bits per heavy atom. The molecule has 2 aromatic rings. The number of pyridine rings is 1. The Morgan fingerprint density at radius 2 is 2.00 bits per heavy atom. The summed E-state index contributed by atoms with van der Waals surface area (Å²) >= 11 is 0. The van der Waals surface area contributed by atoms with Gasteiger partial charge < -0.3 is 10.3 Å². The van der Waals surface area contributed by atoms with Crippen molar-refractivity contribution in [3.63, 3.8) is 0 Å². The zero-order valence-electron chi connectivity index (χ0n) is 13.7. The van der Waals surface area contributed by atoms with Gasteiger partial charge in [0.25, 0.3) is 5.56 Å². The molecule has 1 aliphatic rings. The SMILES string of the molecule is Cc1c[nH]c(=O)c2cccc(S(=O)(=O)N3CCNCCC3C)c12.Cl. The van der Waals surface area contributed by atoms with Gasteiger partial charge in [-0.25, -0.2) is 8.42 Å². The van der Waals surface area contributed by atoms with Gasteiger partial charge in [0.15, 0.2) is 0 Å². The highest BCUT2D eigenvalue weighted by Gasteiger charge is 2.31. The lowest BCUT2D eigenvalue weighted by Gasteiger charge is -2.26. The average molecular weight is 372 g/mol. The Balaban J connectivity index is 0.00000208. The average Bonchev–Trinajstić information content (AvgIpc) is 2.75. The van der Waals surface area contributed by atoms with E-state index in [0.717, 1.165) is 18.5 Å². The second-order valence-corrected chi connectivity index (χ2v) is 7.84. The van der Waals surface area contributed by atoms with Crippen LogP contribution in [0, 0.1) is 6.92 Å². The highest BCUT2D eigenvalue weighted by atomic mass is 35.5. The number of halogens is 1. The first kappa shape index (κ1) is 18.9. The number of fused-ring (bicyclic) bond motifs is 1. The van der Waals surface area contributed by atoms with Gasteiger partial charge in [-0.15, -0.1) is 12.4 Å². The predicted octanol–water partition coefficient (Wildman–Crippen LogP) is 1.63. The zero-order valence-corrected chi connectivity index (χ0v) is 15.3. The molecule has 6 nitrogen and oxygen atoms in total. The molecule has 0 amide bonds. The summed E-state index contributed by atoms with van der Waals surface area (Å²) in [5.41, 5.74) is 0.479.